The molecule has 0 N–H and O–H groups in total. The van der Waals surface area contributed by atoms with Gasteiger partial charge in [0.15, 0.2) is 0 Å². The average Bonchev–Trinajstić information content (AvgIpc) is 3.72. The molecule has 0 heterocycles. The fraction of sp³-hybridized carbons (Fsp3) is 0.0938. The van der Waals surface area contributed by atoms with Gasteiger partial charge < -0.3 is 9.80 Å². The zero-order chi connectivity index (χ0) is 44.3. The fourth-order valence-corrected chi connectivity index (χ4v) is 11.6. The lowest BCUT2D eigenvalue weighted by atomic mass is 9.79. The van der Waals surface area contributed by atoms with Crippen LogP contribution in [0.15, 0.2) is 218 Å². The van der Waals surface area contributed by atoms with Gasteiger partial charge in [-0.3, -0.25) is 0 Å². The third-order valence-corrected chi connectivity index (χ3v) is 14.9. The molecule has 0 spiro atoms. The molecule has 11 aromatic carbocycles. The van der Waals surface area contributed by atoms with Crippen LogP contribution >= 0.6 is 0 Å². The van der Waals surface area contributed by atoms with Crippen LogP contribution in [0.25, 0.3) is 65.3 Å². The SMILES string of the molecule is CC1(C)c2cc3c(cc2-c2c1cc(N(c1ccccc1)c1ccc4ccccc4c1)c1ccccc21)C(C)(C)c1cc(N(c2ccccc2)c2ccc4ccccc4c2)c2ccccc2c1-3. The lowest BCUT2D eigenvalue weighted by Gasteiger charge is -2.30. The molecule has 314 valence electrons. The first-order valence-electron chi connectivity index (χ1n) is 23.3. The standard InChI is InChI=1S/C64H48N2/c1-63(2)55-37-54-56(38-53(55)61-51-29-17-15-27-49(51)59(39-57(61)63)65(45-23-7-5-8-24-45)47-33-31-41-19-11-13-21-43(41)35-47)64(3,4)58-40-60(50-28-16-18-30-52(50)62(54)58)66(46-25-9-6-10-26-46)48-34-32-42-20-12-14-22-44(42)36-48/h5-40H,1-4H3. The molecule has 2 aliphatic rings. The summed E-state index contributed by atoms with van der Waals surface area (Å²) in [5.41, 5.74) is 17.3. The van der Waals surface area contributed by atoms with Crippen LogP contribution in [-0.4, -0.2) is 0 Å². The minimum Gasteiger partial charge on any atom is -0.310 e. The summed E-state index contributed by atoms with van der Waals surface area (Å²) in [5.74, 6) is 0. The molecule has 0 amide bonds. The van der Waals surface area contributed by atoms with Crippen molar-refractivity contribution in [2.45, 2.75) is 38.5 Å². The van der Waals surface area contributed by atoms with Gasteiger partial charge in [-0.2, -0.15) is 0 Å². The predicted octanol–water partition coefficient (Wildman–Crippen LogP) is 17.9. The van der Waals surface area contributed by atoms with Gasteiger partial charge in [0.2, 0.25) is 0 Å². The van der Waals surface area contributed by atoms with Crippen LogP contribution in [0.3, 0.4) is 0 Å². The molecule has 0 bridgehead atoms. The van der Waals surface area contributed by atoms with Crippen molar-refractivity contribution in [3.63, 3.8) is 0 Å². The minimum absolute atomic E-state index is 0.271. The van der Waals surface area contributed by atoms with Gasteiger partial charge in [-0.05, 0) is 150 Å². The first-order valence-corrected chi connectivity index (χ1v) is 23.3. The maximum atomic E-state index is 2.58. The van der Waals surface area contributed by atoms with E-state index in [2.05, 4.69) is 256 Å². The quantitative estimate of drug-likeness (QED) is 0.165. The van der Waals surface area contributed by atoms with E-state index < -0.39 is 0 Å². The highest BCUT2D eigenvalue weighted by molar-refractivity contribution is 6.13. The highest BCUT2D eigenvalue weighted by Crippen LogP contribution is 2.61. The number of fused-ring (bicyclic) bond motifs is 12. The van der Waals surface area contributed by atoms with Gasteiger partial charge in [0, 0.05) is 44.4 Å². The Morgan fingerprint density at radius 1 is 0.273 bits per heavy atom. The van der Waals surface area contributed by atoms with Crippen molar-refractivity contribution < 1.29 is 0 Å². The van der Waals surface area contributed by atoms with Crippen molar-refractivity contribution >= 4 is 77.2 Å². The zero-order valence-electron chi connectivity index (χ0n) is 37.7. The van der Waals surface area contributed by atoms with Crippen LogP contribution in [-0.2, 0) is 10.8 Å². The van der Waals surface area contributed by atoms with Crippen LogP contribution in [0.1, 0.15) is 49.9 Å². The Kier molecular flexibility index (Phi) is 8.33. The molecule has 13 rings (SSSR count). The molecule has 0 radical (unpaired) electrons. The van der Waals surface area contributed by atoms with Crippen molar-refractivity contribution in [2.24, 2.45) is 0 Å². The summed E-state index contributed by atoms with van der Waals surface area (Å²) >= 11 is 0. The van der Waals surface area contributed by atoms with E-state index in [0.717, 1.165) is 22.7 Å². The van der Waals surface area contributed by atoms with Crippen LogP contribution < -0.4 is 9.80 Å². The maximum absolute atomic E-state index is 2.58. The monoisotopic (exact) mass is 844 g/mol. The third-order valence-electron chi connectivity index (χ3n) is 14.9. The van der Waals surface area contributed by atoms with E-state index in [4.69, 9.17) is 0 Å². The second-order valence-electron chi connectivity index (χ2n) is 19.3. The number of hydrogen-bond donors (Lipinski definition) is 0. The van der Waals surface area contributed by atoms with Crippen LogP contribution in [0, 0.1) is 0 Å². The summed E-state index contributed by atoms with van der Waals surface area (Å²) in [6.45, 7) is 9.76. The van der Waals surface area contributed by atoms with E-state index in [0.29, 0.717) is 0 Å². The Balaban J connectivity index is 1.02. The van der Waals surface area contributed by atoms with E-state index >= 15 is 0 Å². The van der Waals surface area contributed by atoms with Gasteiger partial charge in [0.1, 0.15) is 0 Å². The summed E-state index contributed by atoms with van der Waals surface area (Å²) in [6, 6.07) is 81.2. The molecule has 0 saturated heterocycles. The molecule has 0 fully saturated rings. The lowest BCUT2D eigenvalue weighted by Crippen LogP contribution is -2.18. The molecule has 0 aromatic heterocycles. The van der Waals surface area contributed by atoms with Crippen molar-refractivity contribution in [3.8, 4) is 22.3 Å². The molecular weight excluding hydrogens is 797 g/mol. The summed E-state index contributed by atoms with van der Waals surface area (Å²) < 4.78 is 0. The van der Waals surface area contributed by atoms with Gasteiger partial charge in [0.25, 0.3) is 0 Å². The Hall–Kier alpha value is -7.94. The first-order chi connectivity index (χ1) is 32.3. The first kappa shape index (κ1) is 38.5. The van der Waals surface area contributed by atoms with Crippen LogP contribution in [0.5, 0.6) is 0 Å². The largest absolute Gasteiger partial charge is 0.310 e. The van der Waals surface area contributed by atoms with Crippen LogP contribution in [0.4, 0.5) is 34.1 Å². The maximum Gasteiger partial charge on any atom is 0.0543 e. The Morgan fingerprint density at radius 3 is 1.03 bits per heavy atom. The van der Waals surface area contributed by atoms with E-state index in [1.54, 1.807) is 0 Å². The molecule has 11 aromatic rings. The molecule has 0 atom stereocenters. The second kappa shape index (κ2) is 14.3. The topological polar surface area (TPSA) is 6.48 Å². The number of nitrogens with zero attached hydrogens (tertiary/aromatic N) is 2. The summed E-state index contributed by atoms with van der Waals surface area (Å²) in [4.78, 5) is 4.93. The van der Waals surface area contributed by atoms with Crippen LogP contribution in [0.2, 0.25) is 0 Å². The number of para-hydroxylation sites is 2. The fourth-order valence-electron chi connectivity index (χ4n) is 11.6. The summed E-state index contributed by atoms with van der Waals surface area (Å²) in [7, 11) is 0. The van der Waals surface area contributed by atoms with Crippen molar-refractivity contribution in [1.82, 2.24) is 0 Å². The second-order valence-corrected chi connectivity index (χ2v) is 19.3. The van der Waals surface area contributed by atoms with Gasteiger partial charge in [0.05, 0.1) is 11.4 Å². The number of anilines is 6. The molecule has 0 unspecified atom stereocenters. The zero-order valence-corrected chi connectivity index (χ0v) is 37.7. The molecule has 0 aliphatic heterocycles. The number of hydrogen-bond acceptors (Lipinski definition) is 2. The van der Waals surface area contributed by atoms with Gasteiger partial charge in [-0.25, -0.2) is 0 Å². The highest BCUT2D eigenvalue weighted by atomic mass is 15.1. The molecule has 0 saturated carbocycles. The third kappa shape index (κ3) is 5.61. The Labute approximate surface area is 386 Å². The predicted molar refractivity (Wildman–Crippen MR) is 281 cm³/mol. The molecule has 2 aliphatic carbocycles. The summed E-state index contributed by atoms with van der Waals surface area (Å²) in [6.07, 6.45) is 0. The average molecular weight is 845 g/mol. The number of benzene rings is 11. The Bertz CT molecular complexity index is 3520. The van der Waals surface area contributed by atoms with E-state index in [1.165, 1.54) is 99.0 Å². The van der Waals surface area contributed by atoms with Gasteiger partial charge >= 0.3 is 0 Å². The minimum atomic E-state index is -0.271. The van der Waals surface area contributed by atoms with Crippen molar-refractivity contribution in [3.05, 3.63) is 241 Å². The lowest BCUT2D eigenvalue weighted by molar-refractivity contribution is 0.652. The molecular formula is C64H48N2. The molecule has 66 heavy (non-hydrogen) atoms. The van der Waals surface area contributed by atoms with E-state index in [1.807, 2.05) is 0 Å². The van der Waals surface area contributed by atoms with E-state index in [-0.39, 0.29) is 10.8 Å². The van der Waals surface area contributed by atoms with Gasteiger partial charge in [-0.1, -0.05) is 173 Å². The molecule has 2 heteroatoms. The molecule has 2 nitrogen and oxygen atoms in total. The van der Waals surface area contributed by atoms with Gasteiger partial charge in [-0.15, -0.1) is 0 Å². The Morgan fingerprint density at radius 2 is 0.621 bits per heavy atom. The van der Waals surface area contributed by atoms with Crippen molar-refractivity contribution in [2.75, 3.05) is 9.80 Å². The highest BCUT2D eigenvalue weighted by Gasteiger charge is 2.44. The number of rotatable bonds is 6. The smallest absolute Gasteiger partial charge is 0.0543 e. The van der Waals surface area contributed by atoms with E-state index in [9.17, 15) is 0 Å². The summed E-state index contributed by atoms with van der Waals surface area (Å²) in [5, 5.41) is 9.99. The van der Waals surface area contributed by atoms with Crippen molar-refractivity contribution in [1.29, 1.82) is 0 Å². The normalized spacial score (nSPS) is 14.0.